The fourth-order valence-corrected chi connectivity index (χ4v) is 5.99. The van der Waals surface area contributed by atoms with Crippen molar-refractivity contribution in [3.63, 3.8) is 0 Å². The van der Waals surface area contributed by atoms with E-state index in [-0.39, 0.29) is 0 Å². The maximum atomic E-state index is 4.47. The normalized spacial score (nSPS) is 52.0. The summed E-state index contributed by atoms with van der Waals surface area (Å²) in [6.07, 6.45) is 13.2. The molecule has 3 rings (SSSR count). The van der Waals surface area contributed by atoms with Gasteiger partial charge in [-0.2, -0.15) is 0 Å². The van der Waals surface area contributed by atoms with Crippen molar-refractivity contribution in [1.82, 2.24) is 0 Å². The second kappa shape index (κ2) is 4.49. The Balaban J connectivity index is 1.92. The molecule has 20 heavy (non-hydrogen) atoms. The maximum absolute atomic E-state index is 4.47. The Hall–Kier alpha value is -0.520. The Kier molecular flexibility index (Phi) is 3.23. The van der Waals surface area contributed by atoms with E-state index in [1.165, 1.54) is 51.4 Å². The number of allylic oxidation sites excluding steroid dienone is 2. The fourth-order valence-electron chi connectivity index (χ4n) is 5.99. The van der Waals surface area contributed by atoms with E-state index in [0.717, 1.165) is 11.8 Å². The third-order valence-corrected chi connectivity index (χ3v) is 7.73. The average molecular weight is 272 g/mol. The number of hydrogen-bond acceptors (Lipinski definition) is 0. The van der Waals surface area contributed by atoms with Crippen LogP contribution in [0, 0.1) is 28.1 Å². The summed E-state index contributed by atoms with van der Waals surface area (Å²) >= 11 is 0. The number of fused-ring (bicyclic) bond motifs is 3. The Morgan fingerprint density at radius 2 is 1.85 bits per heavy atom. The van der Waals surface area contributed by atoms with Crippen LogP contribution in [0.2, 0.25) is 0 Å². The third kappa shape index (κ3) is 1.86. The van der Waals surface area contributed by atoms with Crippen LogP contribution in [0.15, 0.2) is 24.8 Å². The number of hydrogen-bond donors (Lipinski definition) is 0. The lowest BCUT2D eigenvalue weighted by atomic mass is 9.42. The van der Waals surface area contributed by atoms with Gasteiger partial charge in [0.15, 0.2) is 0 Å². The van der Waals surface area contributed by atoms with E-state index < -0.39 is 0 Å². The SMILES string of the molecule is C=C[C@]1(C)CC[C@]2(C)C(CCC3(C)C(=C)CCCC32)C1. The summed E-state index contributed by atoms with van der Waals surface area (Å²) < 4.78 is 0. The van der Waals surface area contributed by atoms with E-state index in [4.69, 9.17) is 0 Å². The van der Waals surface area contributed by atoms with Crippen molar-refractivity contribution < 1.29 is 0 Å². The first-order chi connectivity index (χ1) is 9.34. The van der Waals surface area contributed by atoms with Gasteiger partial charge in [0.1, 0.15) is 0 Å². The first kappa shape index (κ1) is 14.4. The van der Waals surface area contributed by atoms with Crippen molar-refractivity contribution in [3.05, 3.63) is 24.8 Å². The molecule has 0 heteroatoms. The molecular formula is C20H32. The lowest BCUT2D eigenvalue weighted by Crippen LogP contribution is -2.53. The minimum Gasteiger partial charge on any atom is -0.103 e. The van der Waals surface area contributed by atoms with Crippen molar-refractivity contribution in [1.29, 1.82) is 0 Å². The molecule has 0 aromatic heterocycles. The summed E-state index contributed by atoms with van der Waals surface area (Å²) in [5, 5.41) is 0. The fraction of sp³-hybridized carbons (Fsp3) is 0.800. The van der Waals surface area contributed by atoms with Crippen LogP contribution < -0.4 is 0 Å². The van der Waals surface area contributed by atoms with E-state index in [0.29, 0.717) is 16.2 Å². The number of rotatable bonds is 1. The molecule has 5 atom stereocenters. The Morgan fingerprint density at radius 3 is 2.55 bits per heavy atom. The lowest BCUT2D eigenvalue weighted by Gasteiger charge is -2.62. The summed E-state index contributed by atoms with van der Waals surface area (Å²) in [5.74, 6) is 1.78. The molecule has 0 saturated heterocycles. The molecule has 0 radical (unpaired) electrons. The zero-order chi connectivity index (χ0) is 14.6. The molecule has 0 nitrogen and oxygen atoms in total. The van der Waals surface area contributed by atoms with E-state index in [1.54, 1.807) is 5.57 Å². The Bertz CT molecular complexity index is 433. The molecular weight excluding hydrogens is 240 g/mol. The standard InChI is InChI=1S/C20H32/c1-6-18(3)12-13-20(5)16(14-18)10-11-19(4)15(2)8-7-9-17(19)20/h6,16-17H,1-2,7-14H2,3-5H3/t16?,17?,18-,19?,20-/m1/s1. The van der Waals surface area contributed by atoms with Crippen molar-refractivity contribution in [2.24, 2.45) is 28.1 Å². The van der Waals surface area contributed by atoms with Gasteiger partial charge in [0.2, 0.25) is 0 Å². The molecule has 3 fully saturated rings. The van der Waals surface area contributed by atoms with Crippen molar-refractivity contribution in [3.8, 4) is 0 Å². The topological polar surface area (TPSA) is 0 Å². The van der Waals surface area contributed by atoms with Gasteiger partial charge >= 0.3 is 0 Å². The van der Waals surface area contributed by atoms with Crippen molar-refractivity contribution in [2.45, 2.75) is 72.1 Å². The van der Waals surface area contributed by atoms with Crippen LogP contribution in [0.4, 0.5) is 0 Å². The van der Waals surface area contributed by atoms with Gasteiger partial charge in [-0.05, 0) is 79.4 Å². The molecule has 3 unspecified atom stereocenters. The smallest absolute Gasteiger partial charge is 0.00854 e. The molecule has 0 aromatic rings. The minimum absolute atomic E-state index is 0.392. The zero-order valence-corrected chi connectivity index (χ0v) is 13.8. The van der Waals surface area contributed by atoms with Crippen LogP contribution in [0.1, 0.15) is 72.1 Å². The molecule has 0 N–H and O–H groups in total. The second-order valence-corrected chi connectivity index (χ2v) is 8.77. The molecule has 112 valence electrons. The summed E-state index contributed by atoms with van der Waals surface area (Å²) in [6.45, 7) is 16.1. The van der Waals surface area contributed by atoms with Gasteiger partial charge in [0.25, 0.3) is 0 Å². The molecule has 3 aliphatic rings. The molecule has 0 bridgehead atoms. The van der Waals surface area contributed by atoms with Crippen LogP contribution in [0.5, 0.6) is 0 Å². The first-order valence-corrected chi connectivity index (χ1v) is 8.66. The van der Waals surface area contributed by atoms with Crippen LogP contribution >= 0.6 is 0 Å². The molecule has 0 spiro atoms. The quantitative estimate of drug-likeness (QED) is 0.503. The van der Waals surface area contributed by atoms with Crippen LogP contribution in [-0.4, -0.2) is 0 Å². The predicted molar refractivity (Wildman–Crippen MR) is 87.6 cm³/mol. The maximum Gasteiger partial charge on any atom is -0.00854 e. The highest BCUT2D eigenvalue weighted by Crippen LogP contribution is 2.66. The molecule has 3 aliphatic carbocycles. The predicted octanol–water partition coefficient (Wildman–Crippen LogP) is 6.14. The van der Waals surface area contributed by atoms with E-state index >= 15 is 0 Å². The van der Waals surface area contributed by atoms with Gasteiger partial charge in [-0.15, -0.1) is 6.58 Å². The van der Waals surface area contributed by atoms with Crippen molar-refractivity contribution in [2.75, 3.05) is 0 Å². The van der Waals surface area contributed by atoms with Crippen molar-refractivity contribution >= 4 is 0 Å². The molecule has 3 saturated carbocycles. The summed E-state index contributed by atoms with van der Waals surface area (Å²) in [6, 6.07) is 0. The molecule has 0 aliphatic heterocycles. The van der Waals surface area contributed by atoms with E-state index in [1.807, 2.05) is 0 Å². The van der Waals surface area contributed by atoms with Gasteiger partial charge in [0.05, 0.1) is 0 Å². The van der Waals surface area contributed by atoms with Crippen LogP contribution in [0.25, 0.3) is 0 Å². The third-order valence-electron chi connectivity index (χ3n) is 7.73. The van der Waals surface area contributed by atoms with E-state index in [2.05, 4.69) is 40.0 Å². The van der Waals surface area contributed by atoms with Gasteiger partial charge in [0, 0.05) is 0 Å². The van der Waals surface area contributed by atoms with Gasteiger partial charge < -0.3 is 0 Å². The summed E-state index contributed by atoms with van der Waals surface area (Å²) in [4.78, 5) is 0. The van der Waals surface area contributed by atoms with Crippen LogP contribution in [-0.2, 0) is 0 Å². The van der Waals surface area contributed by atoms with Gasteiger partial charge in [-0.25, -0.2) is 0 Å². The minimum atomic E-state index is 0.392. The Morgan fingerprint density at radius 1 is 1.10 bits per heavy atom. The molecule has 0 aromatic carbocycles. The summed E-state index contributed by atoms with van der Waals surface area (Å²) in [7, 11) is 0. The average Bonchev–Trinajstić information content (AvgIpc) is 2.43. The molecule has 0 amide bonds. The zero-order valence-electron chi connectivity index (χ0n) is 13.8. The van der Waals surface area contributed by atoms with Gasteiger partial charge in [-0.1, -0.05) is 39.0 Å². The highest BCUT2D eigenvalue weighted by Gasteiger charge is 2.57. The second-order valence-electron chi connectivity index (χ2n) is 8.77. The summed E-state index contributed by atoms with van der Waals surface area (Å²) in [5.41, 5.74) is 2.94. The van der Waals surface area contributed by atoms with Crippen LogP contribution in [0.3, 0.4) is 0 Å². The highest BCUT2D eigenvalue weighted by molar-refractivity contribution is 5.20. The molecule has 0 heterocycles. The Labute approximate surface area is 125 Å². The monoisotopic (exact) mass is 272 g/mol. The van der Waals surface area contributed by atoms with Gasteiger partial charge in [-0.3, -0.25) is 0 Å². The lowest BCUT2D eigenvalue weighted by molar-refractivity contribution is -0.0979. The largest absolute Gasteiger partial charge is 0.103 e. The first-order valence-electron chi connectivity index (χ1n) is 8.66. The van der Waals surface area contributed by atoms with E-state index in [9.17, 15) is 0 Å². The highest BCUT2D eigenvalue weighted by atomic mass is 14.6.